The third kappa shape index (κ3) is 4.47. The number of ether oxygens (including phenoxy) is 2. The summed E-state index contributed by atoms with van der Waals surface area (Å²) in [5.41, 5.74) is 0.0964. The van der Waals surface area contributed by atoms with E-state index in [-0.39, 0.29) is 24.6 Å². The minimum Gasteiger partial charge on any atom is -0.748 e. The minimum atomic E-state index is -4.64. The summed E-state index contributed by atoms with van der Waals surface area (Å²) in [6, 6.07) is 0. The van der Waals surface area contributed by atoms with Crippen molar-refractivity contribution in [1.82, 2.24) is 0 Å². The van der Waals surface area contributed by atoms with Crippen LogP contribution in [0, 0.1) is 23.2 Å². The van der Waals surface area contributed by atoms with Crippen molar-refractivity contribution in [2.45, 2.75) is 44.9 Å². The predicted molar refractivity (Wildman–Crippen MR) is 81.7 cm³/mol. The largest absolute Gasteiger partial charge is 0.748 e. The molecule has 0 atom stereocenters. The molecular formula is C16H23O7S-. The molecule has 0 aromatic carbocycles. The highest BCUT2D eigenvalue weighted by Crippen LogP contribution is 2.61. The van der Waals surface area contributed by atoms with Crippen molar-refractivity contribution >= 4 is 22.1 Å². The van der Waals surface area contributed by atoms with Gasteiger partial charge in [0, 0.05) is 0 Å². The Morgan fingerprint density at radius 3 is 1.83 bits per heavy atom. The van der Waals surface area contributed by atoms with Crippen LogP contribution in [0.1, 0.15) is 44.9 Å². The van der Waals surface area contributed by atoms with Crippen molar-refractivity contribution in [1.29, 1.82) is 0 Å². The Labute approximate surface area is 141 Å². The predicted octanol–water partition coefficient (Wildman–Crippen LogP) is 1.22. The molecule has 0 aromatic heterocycles. The van der Waals surface area contributed by atoms with Crippen LogP contribution in [0.5, 0.6) is 0 Å². The molecule has 136 valence electrons. The number of esters is 2. The molecule has 24 heavy (non-hydrogen) atoms. The molecule has 0 saturated heterocycles. The average Bonchev–Trinajstić information content (AvgIpc) is 2.39. The van der Waals surface area contributed by atoms with Gasteiger partial charge in [0.2, 0.25) is 0 Å². The lowest BCUT2D eigenvalue weighted by Gasteiger charge is -2.56. The van der Waals surface area contributed by atoms with E-state index < -0.39 is 21.8 Å². The smallest absolute Gasteiger partial charge is 0.320 e. The van der Waals surface area contributed by atoms with E-state index in [2.05, 4.69) is 4.74 Å². The maximum absolute atomic E-state index is 12.1. The molecule has 0 aliphatic heterocycles. The number of carbonyl (C=O) groups excluding carboxylic acids is 2. The summed E-state index contributed by atoms with van der Waals surface area (Å²) in [4.78, 5) is 23.2. The Bertz CT molecular complexity index is 575. The summed E-state index contributed by atoms with van der Waals surface area (Å²) in [7, 11) is -4.64. The molecule has 8 heteroatoms. The van der Waals surface area contributed by atoms with Crippen molar-refractivity contribution in [3.8, 4) is 0 Å². The molecule has 4 aliphatic rings. The Morgan fingerprint density at radius 1 is 0.917 bits per heavy atom. The van der Waals surface area contributed by atoms with Crippen molar-refractivity contribution in [2.75, 3.05) is 19.0 Å². The summed E-state index contributed by atoms with van der Waals surface area (Å²) in [6.07, 6.45) is 7.70. The van der Waals surface area contributed by atoms with E-state index >= 15 is 0 Å². The molecule has 4 fully saturated rings. The molecule has 0 amide bonds. The normalized spacial score (nSPS) is 34.1. The van der Waals surface area contributed by atoms with Crippen LogP contribution in [0.2, 0.25) is 0 Å². The molecule has 0 aromatic rings. The monoisotopic (exact) mass is 359 g/mol. The Morgan fingerprint density at radius 2 is 1.38 bits per heavy atom. The number of hydrogen-bond acceptors (Lipinski definition) is 7. The van der Waals surface area contributed by atoms with Crippen LogP contribution in [0.15, 0.2) is 0 Å². The van der Waals surface area contributed by atoms with Crippen LogP contribution in [0.25, 0.3) is 0 Å². The van der Waals surface area contributed by atoms with E-state index in [0.29, 0.717) is 6.42 Å². The molecule has 7 nitrogen and oxygen atoms in total. The molecule has 0 unspecified atom stereocenters. The zero-order valence-electron chi connectivity index (χ0n) is 13.6. The standard InChI is InChI=1S/C16H24O7S/c17-14(22-1-2-23-15(18)10-24(19,20)21)9-16-6-11-3-12(7-16)5-13(4-11)8-16/h11-13H,1-10H2,(H,19,20,21)/p-1. The second-order valence-corrected chi connectivity index (χ2v) is 9.14. The van der Waals surface area contributed by atoms with Gasteiger partial charge in [0.05, 0.1) is 6.42 Å². The summed E-state index contributed by atoms with van der Waals surface area (Å²) in [5.74, 6) is -0.322. The molecule has 0 N–H and O–H groups in total. The zero-order valence-corrected chi connectivity index (χ0v) is 14.4. The van der Waals surface area contributed by atoms with Crippen molar-refractivity contribution in [2.24, 2.45) is 23.2 Å². The highest BCUT2D eigenvalue weighted by molar-refractivity contribution is 7.86. The second-order valence-electron chi connectivity index (χ2n) is 7.74. The van der Waals surface area contributed by atoms with Crippen LogP contribution in [-0.2, 0) is 29.2 Å². The quantitative estimate of drug-likeness (QED) is 0.382. The van der Waals surface area contributed by atoms with Gasteiger partial charge in [-0.1, -0.05) is 0 Å². The van der Waals surface area contributed by atoms with Gasteiger partial charge in [0.25, 0.3) is 0 Å². The molecular weight excluding hydrogens is 336 g/mol. The van der Waals surface area contributed by atoms with Gasteiger partial charge in [0.1, 0.15) is 29.1 Å². The van der Waals surface area contributed by atoms with Gasteiger partial charge in [-0.2, -0.15) is 0 Å². The van der Waals surface area contributed by atoms with Gasteiger partial charge < -0.3 is 14.0 Å². The van der Waals surface area contributed by atoms with Crippen LogP contribution < -0.4 is 0 Å². The van der Waals surface area contributed by atoms with Crippen molar-refractivity contribution in [3.05, 3.63) is 0 Å². The maximum Gasteiger partial charge on any atom is 0.320 e. The molecule has 4 rings (SSSR count). The lowest BCUT2D eigenvalue weighted by molar-refractivity contribution is -0.156. The van der Waals surface area contributed by atoms with Crippen LogP contribution in [-0.4, -0.2) is 43.9 Å². The first kappa shape index (κ1) is 17.7. The molecule has 4 saturated carbocycles. The van der Waals surface area contributed by atoms with Gasteiger partial charge in [-0.15, -0.1) is 0 Å². The number of carbonyl (C=O) groups is 2. The highest BCUT2D eigenvalue weighted by atomic mass is 32.2. The molecule has 4 aliphatic carbocycles. The average molecular weight is 359 g/mol. The number of rotatable bonds is 7. The molecule has 4 bridgehead atoms. The number of hydrogen-bond donors (Lipinski definition) is 0. The van der Waals surface area contributed by atoms with Crippen molar-refractivity contribution < 1.29 is 32.0 Å². The lowest BCUT2D eigenvalue weighted by atomic mass is 9.49. The molecule has 0 heterocycles. The summed E-state index contributed by atoms with van der Waals surface area (Å²) in [6.45, 7) is -0.350. The van der Waals surface area contributed by atoms with Gasteiger partial charge in [-0.05, 0) is 61.7 Å². The third-order valence-electron chi connectivity index (χ3n) is 5.59. The van der Waals surface area contributed by atoms with E-state index in [4.69, 9.17) is 4.74 Å². The summed E-state index contributed by atoms with van der Waals surface area (Å²) in [5, 5.41) is 0. The van der Waals surface area contributed by atoms with Crippen LogP contribution in [0.4, 0.5) is 0 Å². The fourth-order valence-corrected chi connectivity index (χ4v) is 5.73. The minimum absolute atomic E-state index is 0.0964. The second kappa shape index (κ2) is 6.63. The first-order valence-electron chi connectivity index (χ1n) is 8.48. The molecule has 0 spiro atoms. The van der Waals surface area contributed by atoms with E-state index in [1.165, 1.54) is 19.3 Å². The van der Waals surface area contributed by atoms with E-state index in [0.717, 1.165) is 37.0 Å². The third-order valence-corrected chi connectivity index (χ3v) is 6.18. The Hall–Kier alpha value is -1.15. The van der Waals surface area contributed by atoms with Crippen molar-refractivity contribution in [3.63, 3.8) is 0 Å². The first-order chi connectivity index (χ1) is 11.2. The van der Waals surface area contributed by atoms with E-state index in [9.17, 15) is 22.6 Å². The Balaban J connectivity index is 1.38. The highest BCUT2D eigenvalue weighted by Gasteiger charge is 2.51. The van der Waals surface area contributed by atoms with Gasteiger partial charge in [0.15, 0.2) is 0 Å². The topological polar surface area (TPSA) is 110 Å². The van der Waals surface area contributed by atoms with Gasteiger partial charge >= 0.3 is 11.9 Å². The summed E-state index contributed by atoms with van der Waals surface area (Å²) >= 11 is 0. The van der Waals surface area contributed by atoms with Gasteiger partial charge in [-0.3, -0.25) is 9.59 Å². The lowest BCUT2D eigenvalue weighted by Crippen LogP contribution is -2.47. The maximum atomic E-state index is 12.1. The Kier molecular flexibility index (Phi) is 4.88. The summed E-state index contributed by atoms with van der Waals surface area (Å²) < 4.78 is 40.9. The fourth-order valence-electron chi connectivity index (χ4n) is 5.36. The fraction of sp³-hybridized carbons (Fsp3) is 0.875. The SMILES string of the molecule is O=C(CC12CC3CC(CC(C3)C1)C2)OCCOC(=O)CS(=O)(=O)[O-]. The van der Waals surface area contributed by atoms with Crippen LogP contribution >= 0.6 is 0 Å². The van der Waals surface area contributed by atoms with E-state index in [1.54, 1.807) is 0 Å². The molecule has 0 radical (unpaired) electrons. The van der Waals surface area contributed by atoms with Crippen LogP contribution in [0.3, 0.4) is 0 Å². The van der Waals surface area contributed by atoms with E-state index in [1.807, 2.05) is 0 Å². The first-order valence-corrected chi connectivity index (χ1v) is 10.1. The van der Waals surface area contributed by atoms with Gasteiger partial charge in [-0.25, -0.2) is 8.42 Å². The zero-order chi connectivity index (χ0) is 17.4.